The average molecular weight is 386 g/mol. The zero-order chi connectivity index (χ0) is 19.9. The van der Waals surface area contributed by atoms with Crippen LogP contribution in [0, 0.1) is 5.92 Å². The SMILES string of the molecule is C[C@H](c1ccccc1)N(Cc1ccccc1)C1CC1CCOCc1ccccc1. The van der Waals surface area contributed by atoms with Gasteiger partial charge in [0.15, 0.2) is 0 Å². The summed E-state index contributed by atoms with van der Waals surface area (Å²) in [6.07, 6.45) is 2.42. The van der Waals surface area contributed by atoms with Gasteiger partial charge in [-0.3, -0.25) is 4.90 Å². The highest BCUT2D eigenvalue weighted by Crippen LogP contribution is 2.43. The van der Waals surface area contributed by atoms with Gasteiger partial charge in [-0.25, -0.2) is 0 Å². The van der Waals surface area contributed by atoms with Crippen LogP contribution in [0.1, 0.15) is 42.5 Å². The topological polar surface area (TPSA) is 12.5 Å². The van der Waals surface area contributed by atoms with E-state index in [1.807, 2.05) is 6.07 Å². The highest BCUT2D eigenvalue weighted by atomic mass is 16.5. The van der Waals surface area contributed by atoms with Crippen LogP contribution in [-0.2, 0) is 17.9 Å². The summed E-state index contributed by atoms with van der Waals surface area (Å²) in [6.45, 7) is 4.91. The lowest BCUT2D eigenvalue weighted by molar-refractivity contribution is 0.109. The minimum absolute atomic E-state index is 0.414. The van der Waals surface area contributed by atoms with E-state index in [1.54, 1.807) is 0 Å². The van der Waals surface area contributed by atoms with Crippen LogP contribution in [0.3, 0.4) is 0 Å². The fraction of sp³-hybridized carbons (Fsp3) is 0.333. The summed E-state index contributed by atoms with van der Waals surface area (Å²) in [5, 5.41) is 0. The van der Waals surface area contributed by atoms with Crippen molar-refractivity contribution in [2.45, 2.75) is 45.0 Å². The van der Waals surface area contributed by atoms with E-state index < -0.39 is 0 Å². The molecule has 1 saturated carbocycles. The van der Waals surface area contributed by atoms with E-state index >= 15 is 0 Å². The zero-order valence-corrected chi connectivity index (χ0v) is 17.3. The maximum atomic E-state index is 5.94. The maximum absolute atomic E-state index is 5.94. The second kappa shape index (κ2) is 9.87. The molecule has 3 atom stereocenters. The van der Waals surface area contributed by atoms with Crippen molar-refractivity contribution in [3.63, 3.8) is 0 Å². The lowest BCUT2D eigenvalue weighted by atomic mass is 10.1. The molecule has 29 heavy (non-hydrogen) atoms. The van der Waals surface area contributed by atoms with Crippen molar-refractivity contribution in [1.29, 1.82) is 0 Å². The van der Waals surface area contributed by atoms with E-state index in [4.69, 9.17) is 4.74 Å². The Kier molecular flexibility index (Phi) is 6.76. The lowest BCUT2D eigenvalue weighted by Crippen LogP contribution is -2.30. The van der Waals surface area contributed by atoms with Gasteiger partial charge in [-0.2, -0.15) is 0 Å². The van der Waals surface area contributed by atoms with Gasteiger partial charge in [0, 0.05) is 25.2 Å². The van der Waals surface area contributed by atoms with Crippen molar-refractivity contribution in [3.8, 4) is 0 Å². The molecule has 0 aliphatic heterocycles. The highest BCUT2D eigenvalue weighted by Gasteiger charge is 2.42. The Morgan fingerprint density at radius 1 is 0.828 bits per heavy atom. The summed E-state index contributed by atoms with van der Waals surface area (Å²) >= 11 is 0. The normalized spacial score (nSPS) is 19.2. The Labute approximate surface area is 175 Å². The third-order valence-electron chi connectivity index (χ3n) is 6.04. The van der Waals surface area contributed by atoms with Gasteiger partial charge in [-0.05, 0) is 42.4 Å². The molecule has 0 bridgehead atoms. The van der Waals surface area contributed by atoms with Gasteiger partial charge in [0.1, 0.15) is 0 Å². The van der Waals surface area contributed by atoms with E-state index in [9.17, 15) is 0 Å². The van der Waals surface area contributed by atoms with Crippen LogP contribution in [0.25, 0.3) is 0 Å². The Bertz CT molecular complexity index is 849. The van der Waals surface area contributed by atoms with Crippen molar-refractivity contribution in [2.24, 2.45) is 5.92 Å². The molecule has 3 aromatic rings. The standard InChI is InChI=1S/C27H31NO/c1-22(25-15-9-4-10-16-25)28(20-23-11-5-2-6-12-23)27-19-26(27)17-18-29-21-24-13-7-3-8-14-24/h2-16,22,26-27H,17-21H2,1H3/t22-,26?,27?/m1/s1. The predicted molar refractivity (Wildman–Crippen MR) is 119 cm³/mol. The summed E-state index contributed by atoms with van der Waals surface area (Å²) in [5.74, 6) is 0.737. The van der Waals surface area contributed by atoms with Crippen LogP contribution in [0.2, 0.25) is 0 Å². The minimum atomic E-state index is 0.414. The van der Waals surface area contributed by atoms with Gasteiger partial charge < -0.3 is 4.74 Å². The van der Waals surface area contributed by atoms with Crippen LogP contribution in [0.4, 0.5) is 0 Å². The first-order valence-electron chi connectivity index (χ1n) is 10.8. The average Bonchev–Trinajstić information content (AvgIpc) is 3.56. The van der Waals surface area contributed by atoms with Gasteiger partial charge in [-0.1, -0.05) is 91.0 Å². The molecule has 1 aliphatic rings. The largest absolute Gasteiger partial charge is 0.377 e. The van der Waals surface area contributed by atoms with Crippen LogP contribution < -0.4 is 0 Å². The summed E-state index contributed by atoms with van der Waals surface area (Å²) in [4.78, 5) is 2.69. The molecule has 0 saturated heterocycles. The molecule has 4 rings (SSSR count). The fourth-order valence-electron chi connectivity index (χ4n) is 4.21. The van der Waals surface area contributed by atoms with Crippen LogP contribution >= 0.6 is 0 Å². The molecule has 1 aliphatic carbocycles. The predicted octanol–water partition coefficient (Wildman–Crippen LogP) is 6.25. The highest BCUT2D eigenvalue weighted by molar-refractivity contribution is 5.21. The van der Waals surface area contributed by atoms with Gasteiger partial charge in [0.25, 0.3) is 0 Å². The van der Waals surface area contributed by atoms with E-state index in [-0.39, 0.29) is 0 Å². The van der Waals surface area contributed by atoms with Gasteiger partial charge in [0.2, 0.25) is 0 Å². The van der Waals surface area contributed by atoms with Crippen molar-refractivity contribution >= 4 is 0 Å². The van der Waals surface area contributed by atoms with Crippen LogP contribution in [0.15, 0.2) is 91.0 Å². The molecule has 2 heteroatoms. The van der Waals surface area contributed by atoms with E-state index in [0.29, 0.717) is 18.7 Å². The first kappa shape index (κ1) is 19.9. The Morgan fingerprint density at radius 3 is 2.07 bits per heavy atom. The molecule has 0 radical (unpaired) electrons. The molecule has 2 nitrogen and oxygen atoms in total. The zero-order valence-electron chi connectivity index (χ0n) is 17.3. The smallest absolute Gasteiger partial charge is 0.0716 e. The van der Waals surface area contributed by atoms with Crippen LogP contribution in [0.5, 0.6) is 0 Å². The summed E-state index contributed by atoms with van der Waals surface area (Å²) in [5.41, 5.74) is 4.04. The number of hydrogen-bond acceptors (Lipinski definition) is 2. The molecule has 150 valence electrons. The molecule has 0 amide bonds. The Morgan fingerprint density at radius 2 is 1.41 bits per heavy atom. The number of hydrogen-bond donors (Lipinski definition) is 0. The molecular formula is C27H31NO. The maximum Gasteiger partial charge on any atom is 0.0716 e. The number of ether oxygens (including phenoxy) is 1. The van der Waals surface area contributed by atoms with Gasteiger partial charge in [0.05, 0.1) is 6.61 Å². The van der Waals surface area contributed by atoms with Crippen molar-refractivity contribution in [3.05, 3.63) is 108 Å². The quantitative estimate of drug-likeness (QED) is 0.383. The van der Waals surface area contributed by atoms with Crippen molar-refractivity contribution < 1.29 is 4.74 Å². The van der Waals surface area contributed by atoms with Gasteiger partial charge in [-0.15, -0.1) is 0 Å². The molecule has 1 fully saturated rings. The van der Waals surface area contributed by atoms with Crippen molar-refractivity contribution in [1.82, 2.24) is 4.90 Å². The number of benzene rings is 3. The number of rotatable bonds is 10. The van der Waals surface area contributed by atoms with Crippen molar-refractivity contribution in [2.75, 3.05) is 6.61 Å². The van der Waals surface area contributed by atoms with Gasteiger partial charge >= 0.3 is 0 Å². The first-order valence-corrected chi connectivity index (χ1v) is 10.8. The second-order valence-electron chi connectivity index (χ2n) is 8.13. The van der Waals surface area contributed by atoms with E-state index in [0.717, 1.165) is 25.5 Å². The molecule has 0 heterocycles. The molecule has 0 N–H and O–H groups in total. The van der Waals surface area contributed by atoms with E-state index in [1.165, 1.54) is 23.1 Å². The summed E-state index contributed by atoms with van der Waals surface area (Å²) in [7, 11) is 0. The fourth-order valence-corrected chi connectivity index (χ4v) is 4.21. The molecule has 0 aromatic heterocycles. The lowest BCUT2D eigenvalue weighted by Gasteiger charge is -2.30. The number of nitrogens with zero attached hydrogens (tertiary/aromatic N) is 1. The monoisotopic (exact) mass is 385 g/mol. The molecule has 2 unspecified atom stereocenters. The molecular weight excluding hydrogens is 354 g/mol. The minimum Gasteiger partial charge on any atom is -0.377 e. The molecule has 0 spiro atoms. The third kappa shape index (κ3) is 5.56. The second-order valence-corrected chi connectivity index (χ2v) is 8.13. The first-order chi connectivity index (χ1) is 14.3. The Balaban J connectivity index is 1.34. The summed E-state index contributed by atoms with van der Waals surface area (Å²) in [6, 6.07) is 33.3. The molecule has 3 aromatic carbocycles. The summed E-state index contributed by atoms with van der Waals surface area (Å²) < 4.78 is 5.94. The van der Waals surface area contributed by atoms with E-state index in [2.05, 4.69) is 96.8 Å². The Hall–Kier alpha value is -2.42. The third-order valence-corrected chi connectivity index (χ3v) is 6.04. The van der Waals surface area contributed by atoms with Crippen LogP contribution in [-0.4, -0.2) is 17.5 Å².